The highest BCUT2D eigenvalue weighted by Crippen LogP contribution is 2.46. The lowest BCUT2D eigenvalue weighted by Crippen LogP contribution is -2.28. The molecule has 0 saturated carbocycles. The fourth-order valence-electron chi connectivity index (χ4n) is 4.95. The number of esters is 1. The molecule has 0 radical (unpaired) electrons. The molecule has 0 atom stereocenters. The first kappa shape index (κ1) is 31.4. The van der Waals surface area contributed by atoms with Crippen molar-refractivity contribution < 1.29 is 23.0 Å². The lowest BCUT2D eigenvalue weighted by atomic mass is 9.90. The predicted octanol–water partition coefficient (Wildman–Crippen LogP) is 8.32. The Bertz CT molecular complexity index is 1740. The Kier molecular flexibility index (Phi) is 9.28. The van der Waals surface area contributed by atoms with Gasteiger partial charge >= 0.3 is 5.97 Å². The first-order valence-electron chi connectivity index (χ1n) is 13.4. The molecule has 4 rings (SSSR count). The quantitative estimate of drug-likeness (QED) is 0.186. The molecule has 0 spiro atoms. The van der Waals surface area contributed by atoms with E-state index < -0.39 is 30.4 Å². The van der Waals surface area contributed by atoms with Crippen molar-refractivity contribution in [3.63, 3.8) is 0 Å². The minimum absolute atomic E-state index is 0.0327. The SMILES string of the molecule is Cc1c(C)c(C)c(COc2c(Cl)ccc(Cl)c2-c2c(OC(=O)C(C)C)c3cccnc3n(CC(F)F)c2=O)c(C)c1C. The average Bonchev–Trinajstić information content (AvgIpc) is 2.95. The van der Waals surface area contributed by atoms with Crippen molar-refractivity contribution in [3.05, 3.63) is 84.2 Å². The summed E-state index contributed by atoms with van der Waals surface area (Å²) in [5.74, 6) is -1.29. The van der Waals surface area contributed by atoms with Crippen LogP contribution in [-0.4, -0.2) is 21.9 Å². The zero-order valence-corrected chi connectivity index (χ0v) is 26.0. The lowest BCUT2D eigenvalue weighted by Gasteiger charge is -2.22. The van der Waals surface area contributed by atoms with E-state index in [-0.39, 0.29) is 50.3 Å². The Morgan fingerprint density at radius 2 is 1.50 bits per heavy atom. The van der Waals surface area contributed by atoms with Gasteiger partial charge in [-0.25, -0.2) is 13.8 Å². The maximum Gasteiger partial charge on any atom is 0.313 e. The Labute approximate surface area is 253 Å². The van der Waals surface area contributed by atoms with Gasteiger partial charge in [-0.05, 0) is 92.3 Å². The molecule has 0 saturated heterocycles. The van der Waals surface area contributed by atoms with Crippen LogP contribution in [0.15, 0.2) is 35.3 Å². The molecule has 6 nitrogen and oxygen atoms in total. The average molecular weight is 618 g/mol. The maximum atomic E-state index is 14.1. The number of carbonyl (C=O) groups is 1. The summed E-state index contributed by atoms with van der Waals surface area (Å²) in [5, 5.41) is 0.377. The molecule has 0 N–H and O–H groups in total. The zero-order chi connectivity index (χ0) is 31.0. The number of pyridine rings is 2. The summed E-state index contributed by atoms with van der Waals surface area (Å²) in [6.45, 7) is 12.6. The minimum Gasteiger partial charge on any atom is -0.487 e. The zero-order valence-electron chi connectivity index (χ0n) is 24.5. The molecule has 222 valence electrons. The molecule has 0 fully saturated rings. The molecule has 0 amide bonds. The van der Waals surface area contributed by atoms with E-state index in [4.69, 9.17) is 32.7 Å². The number of rotatable bonds is 8. The van der Waals surface area contributed by atoms with Gasteiger partial charge in [-0.3, -0.25) is 14.2 Å². The second kappa shape index (κ2) is 12.4. The van der Waals surface area contributed by atoms with Crippen molar-refractivity contribution in [2.24, 2.45) is 5.92 Å². The number of carbonyl (C=O) groups excluding carboxylic acids is 1. The van der Waals surface area contributed by atoms with Crippen LogP contribution in [-0.2, 0) is 17.9 Å². The second-order valence-electron chi connectivity index (χ2n) is 10.6. The summed E-state index contributed by atoms with van der Waals surface area (Å²) in [6.07, 6.45) is -1.50. The van der Waals surface area contributed by atoms with Gasteiger partial charge in [-0.1, -0.05) is 37.0 Å². The standard InChI is InChI=1S/C32H32Cl2F2N2O4/c1-15(2)32(40)42-28-21-9-8-12-37-30(21)38(13-25(35)36)31(39)27(28)26-23(33)10-11-24(34)29(26)41-14-22-19(6)17(4)16(3)18(5)20(22)7/h8-12,15,25H,13-14H2,1-7H3. The van der Waals surface area contributed by atoms with Crippen LogP contribution >= 0.6 is 23.2 Å². The third kappa shape index (κ3) is 5.75. The monoisotopic (exact) mass is 616 g/mol. The van der Waals surface area contributed by atoms with E-state index in [0.29, 0.717) is 0 Å². The maximum absolute atomic E-state index is 14.1. The number of fused-ring (bicyclic) bond motifs is 1. The Balaban J connectivity index is 2.04. The molecule has 10 heteroatoms. The summed E-state index contributed by atoms with van der Waals surface area (Å²) >= 11 is 13.4. The molecule has 4 aromatic rings. The van der Waals surface area contributed by atoms with Gasteiger partial charge in [-0.15, -0.1) is 0 Å². The molecule has 2 aromatic heterocycles. The van der Waals surface area contributed by atoms with Crippen LogP contribution in [0.1, 0.15) is 47.2 Å². The number of halogens is 4. The number of nitrogens with zero attached hydrogens (tertiary/aromatic N) is 2. The lowest BCUT2D eigenvalue weighted by molar-refractivity contribution is -0.137. The van der Waals surface area contributed by atoms with Crippen molar-refractivity contribution in [1.29, 1.82) is 0 Å². The van der Waals surface area contributed by atoms with Gasteiger partial charge in [0.15, 0.2) is 5.75 Å². The number of aromatic nitrogens is 2. The van der Waals surface area contributed by atoms with Crippen LogP contribution in [0.4, 0.5) is 8.78 Å². The van der Waals surface area contributed by atoms with Crippen molar-refractivity contribution in [2.75, 3.05) is 0 Å². The minimum atomic E-state index is -2.87. The van der Waals surface area contributed by atoms with Gasteiger partial charge in [0.25, 0.3) is 12.0 Å². The molecule has 0 bridgehead atoms. The highest BCUT2D eigenvalue weighted by atomic mass is 35.5. The summed E-state index contributed by atoms with van der Waals surface area (Å²) in [5.41, 5.74) is 5.38. The molecule has 2 aromatic carbocycles. The molecular formula is C32H32Cl2F2N2O4. The van der Waals surface area contributed by atoms with Gasteiger partial charge in [0.1, 0.15) is 18.0 Å². The van der Waals surface area contributed by atoms with Gasteiger partial charge in [0.05, 0.1) is 39.0 Å². The second-order valence-corrected chi connectivity index (χ2v) is 11.4. The first-order valence-corrected chi connectivity index (χ1v) is 14.2. The van der Waals surface area contributed by atoms with Crippen molar-refractivity contribution in [3.8, 4) is 22.6 Å². The normalized spacial score (nSPS) is 11.5. The van der Waals surface area contributed by atoms with Crippen molar-refractivity contribution in [1.82, 2.24) is 9.55 Å². The topological polar surface area (TPSA) is 70.4 Å². The fourth-order valence-corrected chi connectivity index (χ4v) is 5.41. The Morgan fingerprint density at radius 1 is 0.905 bits per heavy atom. The van der Waals surface area contributed by atoms with Crippen LogP contribution in [0.3, 0.4) is 0 Å². The van der Waals surface area contributed by atoms with Crippen LogP contribution in [0.2, 0.25) is 10.0 Å². The molecule has 0 aliphatic heterocycles. The number of benzene rings is 2. The number of hydrogen-bond acceptors (Lipinski definition) is 5. The van der Waals surface area contributed by atoms with Gasteiger partial charge in [-0.2, -0.15) is 0 Å². The van der Waals surface area contributed by atoms with Gasteiger partial charge < -0.3 is 9.47 Å². The third-order valence-corrected chi connectivity index (χ3v) is 8.41. The Morgan fingerprint density at radius 3 is 2.10 bits per heavy atom. The van der Waals surface area contributed by atoms with Crippen LogP contribution in [0.25, 0.3) is 22.2 Å². The van der Waals surface area contributed by atoms with Gasteiger partial charge in [0, 0.05) is 6.20 Å². The summed E-state index contributed by atoms with van der Waals surface area (Å²) in [6, 6.07) is 6.09. The largest absolute Gasteiger partial charge is 0.487 e. The smallest absolute Gasteiger partial charge is 0.313 e. The van der Waals surface area contributed by atoms with Crippen LogP contribution < -0.4 is 15.0 Å². The van der Waals surface area contributed by atoms with Crippen molar-refractivity contribution in [2.45, 2.75) is 68.0 Å². The number of hydrogen-bond donors (Lipinski definition) is 0. The third-order valence-electron chi connectivity index (χ3n) is 7.79. The summed E-state index contributed by atoms with van der Waals surface area (Å²) in [7, 11) is 0. The fraction of sp³-hybridized carbons (Fsp3) is 0.344. The van der Waals surface area contributed by atoms with E-state index in [9.17, 15) is 18.4 Å². The van der Waals surface area contributed by atoms with E-state index in [0.717, 1.165) is 32.4 Å². The number of ether oxygens (including phenoxy) is 2. The van der Waals surface area contributed by atoms with Crippen LogP contribution in [0, 0.1) is 40.5 Å². The van der Waals surface area contributed by atoms with E-state index in [1.165, 1.54) is 23.9 Å². The van der Waals surface area contributed by atoms with E-state index >= 15 is 0 Å². The van der Waals surface area contributed by atoms with E-state index in [2.05, 4.69) is 11.9 Å². The Hall–Kier alpha value is -3.49. The van der Waals surface area contributed by atoms with Crippen LogP contribution in [0.5, 0.6) is 11.5 Å². The molecular weight excluding hydrogens is 585 g/mol. The number of alkyl halides is 2. The highest BCUT2D eigenvalue weighted by Gasteiger charge is 2.29. The summed E-state index contributed by atoms with van der Waals surface area (Å²) < 4.78 is 40.4. The van der Waals surface area contributed by atoms with Crippen molar-refractivity contribution >= 4 is 40.2 Å². The first-order chi connectivity index (χ1) is 19.8. The predicted molar refractivity (Wildman–Crippen MR) is 162 cm³/mol. The van der Waals surface area contributed by atoms with Gasteiger partial charge in [0.2, 0.25) is 0 Å². The highest BCUT2D eigenvalue weighted by molar-refractivity contribution is 6.37. The molecule has 0 aliphatic carbocycles. The molecule has 0 aliphatic rings. The molecule has 2 heterocycles. The molecule has 42 heavy (non-hydrogen) atoms. The molecule has 0 unspecified atom stereocenters. The summed E-state index contributed by atoms with van der Waals surface area (Å²) in [4.78, 5) is 31.1. The van der Waals surface area contributed by atoms with E-state index in [1.807, 2.05) is 27.7 Å². The van der Waals surface area contributed by atoms with E-state index in [1.54, 1.807) is 26.0 Å².